The Morgan fingerprint density at radius 2 is 1.83 bits per heavy atom. The molecule has 3 rings (SSSR count). The number of alkyl halides is 3. The molecule has 0 bridgehead atoms. The molecule has 0 saturated heterocycles. The number of nitrogens with zero attached hydrogens (tertiary/aromatic N) is 3. The summed E-state index contributed by atoms with van der Waals surface area (Å²) in [7, 11) is 0. The number of aromatic nitrogens is 3. The van der Waals surface area contributed by atoms with Gasteiger partial charge >= 0.3 is 11.7 Å². The van der Waals surface area contributed by atoms with Crippen molar-refractivity contribution in [1.82, 2.24) is 20.4 Å². The molecule has 0 radical (unpaired) electrons. The van der Waals surface area contributed by atoms with Gasteiger partial charge in [-0.15, -0.1) is 9.89 Å². The van der Waals surface area contributed by atoms with E-state index in [4.69, 9.17) is 0 Å². The summed E-state index contributed by atoms with van der Waals surface area (Å²) in [6, 6.07) is 10.3. The highest BCUT2D eigenvalue weighted by Crippen LogP contribution is 2.29. The molecule has 1 aromatic heterocycles. The smallest absolute Gasteiger partial charge is 0.416 e. The highest BCUT2D eigenvalue weighted by Gasteiger charge is 2.29. The maximum Gasteiger partial charge on any atom is 0.416 e. The molecular formula is C18H14F3N5O3. The Bertz CT molecular complexity index is 1080. The Morgan fingerprint density at radius 1 is 1.17 bits per heavy atom. The van der Waals surface area contributed by atoms with Crippen molar-refractivity contribution in [2.75, 3.05) is 0 Å². The second-order valence-electron chi connectivity index (χ2n) is 5.89. The Balaban J connectivity index is 1.64. The number of phenolic OH excluding ortho intramolecular Hbond substituents is 1. The molecule has 1 amide bonds. The molecule has 3 N–H and O–H groups in total. The van der Waals surface area contributed by atoms with Crippen LogP contribution in [0.3, 0.4) is 0 Å². The van der Waals surface area contributed by atoms with Gasteiger partial charge in [0.15, 0.2) is 0 Å². The normalized spacial score (nSPS) is 11.7. The summed E-state index contributed by atoms with van der Waals surface area (Å²) in [5.41, 5.74) is -1.02. The third-order valence-corrected chi connectivity index (χ3v) is 3.82. The highest BCUT2D eigenvalue weighted by molar-refractivity contribution is 5.91. The van der Waals surface area contributed by atoms with Crippen LogP contribution in [0.15, 0.2) is 58.4 Å². The number of carbonyl (C=O) groups is 1. The van der Waals surface area contributed by atoms with E-state index < -0.39 is 28.9 Å². The largest absolute Gasteiger partial charge is 0.508 e. The molecule has 3 aromatic rings. The summed E-state index contributed by atoms with van der Waals surface area (Å²) >= 11 is 0. The molecule has 0 fully saturated rings. The monoisotopic (exact) mass is 405 g/mol. The van der Waals surface area contributed by atoms with Crippen LogP contribution in [0, 0.1) is 0 Å². The Morgan fingerprint density at radius 3 is 2.45 bits per heavy atom. The molecule has 150 valence electrons. The van der Waals surface area contributed by atoms with Crippen molar-refractivity contribution in [2.24, 2.45) is 5.10 Å². The third kappa shape index (κ3) is 4.89. The number of benzene rings is 2. The number of amides is 1. The van der Waals surface area contributed by atoms with Crippen LogP contribution in [0.5, 0.6) is 5.75 Å². The molecule has 11 heteroatoms. The van der Waals surface area contributed by atoms with Gasteiger partial charge in [-0.05, 0) is 47.5 Å². The van der Waals surface area contributed by atoms with E-state index in [0.717, 1.165) is 16.9 Å². The predicted molar refractivity (Wildman–Crippen MR) is 96.6 cm³/mol. The zero-order valence-electron chi connectivity index (χ0n) is 14.6. The van der Waals surface area contributed by atoms with Gasteiger partial charge in [-0.2, -0.15) is 23.5 Å². The summed E-state index contributed by atoms with van der Waals surface area (Å²) in [5.74, 6) is -0.724. The van der Waals surface area contributed by atoms with E-state index in [-0.39, 0.29) is 12.3 Å². The first-order chi connectivity index (χ1) is 13.7. The van der Waals surface area contributed by atoms with E-state index in [2.05, 4.69) is 20.7 Å². The highest BCUT2D eigenvalue weighted by atomic mass is 19.4. The molecule has 2 aromatic carbocycles. The van der Waals surface area contributed by atoms with Gasteiger partial charge in [-0.25, -0.2) is 0 Å². The van der Waals surface area contributed by atoms with Gasteiger partial charge in [0.25, 0.3) is 5.91 Å². The minimum atomic E-state index is -4.44. The predicted octanol–water partition coefficient (Wildman–Crippen LogP) is 2.11. The van der Waals surface area contributed by atoms with Crippen molar-refractivity contribution in [3.05, 3.63) is 81.3 Å². The summed E-state index contributed by atoms with van der Waals surface area (Å²) in [6.07, 6.45) is -3.12. The number of aromatic hydroxyl groups is 1. The van der Waals surface area contributed by atoms with Crippen molar-refractivity contribution in [2.45, 2.75) is 12.7 Å². The number of phenols is 1. The lowest BCUT2D eigenvalue weighted by Crippen LogP contribution is -2.29. The topological polar surface area (TPSA) is 112 Å². The van der Waals surface area contributed by atoms with E-state index >= 15 is 0 Å². The van der Waals surface area contributed by atoms with Gasteiger partial charge in [0.1, 0.15) is 5.75 Å². The van der Waals surface area contributed by atoms with E-state index in [0.29, 0.717) is 11.1 Å². The summed E-state index contributed by atoms with van der Waals surface area (Å²) in [5, 5.41) is 21.4. The molecule has 0 atom stereocenters. The molecule has 0 unspecified atom stereocenters. The Kier molecular flexibility index (Phi) is 5.48. The van der Waals surface area contributed by atoms with Crippen LogP contribution in [-0.4, -0.2) is 32.3 Å². The second-order valence-corrected chi connectivity index (χ2v) is 5.89. The Labute approximate surface area is 161 Å². The van der Waals surface area contributed by atoms with Crippen LogP contribution in [0.4, 0.5) is 13.2 Å². The van der Waals surface area contributed by atoms with Crippen molar-refractivity contribution in [3.8, 4) is 5.75 Å². The molecule has 0 saturated carbocycles. The van der Waals surface area contributed by atoms with Crippen molar-refractivity contribution in [1.29, 1.82) is 0 Å². The lowest BCUT2D eigenvalue weighted by Gasteiger charge is -2.08. The van der Waals surface area contributed by atoms with E-state index in [1.54, 1.807) is 12.1 Å². The average molecular weight is 405 g/mol. The zero-order valence-corrected chi connectivity index (χ0v) is 14.6. The van der Waals surface area contributed by atoms with E-state index in [1.807, 2.05) is 0 Å². The van der Waals surface area contributed by atoms with Gasteiger partial charge in [0, 0.05) is 6.54 Å². The van der Waals surface area contributed by atoms with Gasteiger partial charge in [0.05, 0.1) is 11.8 Å². The number of halogens is 3. The number of aromatic amines is 1. The first-order valence-corrected chi connectivity index (χ1v) is 8.19. The summed E-state index contributed by atoms with van der Waals surface area (Å²) in [4.78, 5) is 25.1. The fraction of sp³-hybridized carbons (Fsp3) is 0.111. The minimum absolute atomic E-state index is 0.0767. The summed E-state index contributed by atoms with van der Waals surface area (Å²) < 4.78 is 37.6. The molecule has 0 aliphatic heterocycles. The Hall–Kier alpha value is -3.89. The molecule has 8 nitrogen and oxygen atoms in total. The van der Waals surface area contributed by atoms with Crippen LogP contribution in [0.25, 0.3) is 0 Å². The van der Waals surface area contributed by atoms with Crippen molar-refractivity contribution < 1.29 is 23.1 Å². The number of carbonyl (C=O) groups excluding carboxylic acids is 1. The molecule has 29 heavy (non-hydrogen) atoms. The van der Waals surface area contributed by atoms with Crippen LogP contribution in [0.2, 0.25) is 0 Å². The van der Waals surface area contributed by atoms with Gasteiger partial charge < -0.3 is 10.4 Å². The molecule has 0 spiro atoms. The molecule has 0 aliphatic carbocycles. The quantitative estimate of drug-likeness (QED) is 0.565. The SMILES string of the molecule is O=C(NCc1ccc(C(F)(F)F)cc1)c1n[nH]n(/N=C/c2ccc(O)cc2)c1=O. The minimum Gasteiger partial charge on any atom is -0.508 e. The van der Waals surface area contributed by atoms with Gasteiger partial charge in [-0.3, -0.25) is 9.59 Å². The number of hydrogen-bond donors (Lipinski definition) is 3. The number of H-pyrrole nitrogens is 1. The number of rotatable bonds is 5. The molecular weight excluding hydrogens is 391 g/mol. The van der Waals surface area contributed by atoms with Crippen molar-refractivity contribution in [3.63, 3.8) is 0 Å². The van der Waals surface area contributed by atoms with E-state index in [9.17, 15) is 27.9 Å². The molecule has 1 heterocycles. The van der Waals surface area contributed by atoms with Crippen LogP contribution < -0.4 is 10.9 Å². The number of hydrogen-bond acceptors (Lipinski definition) is 5. The first kappa shape index (κ1) is 19.9. The van der Waals surface area contributed by atoms with Crippen LogP contribution in [-0.2, 0) is 12.7 Å². The second kappa shape index (κ2) is 8.00. The van der Waals surface area contributed by atoms with E-state index in [1.165, 1.54) is 30.5 Å². The molecule has 0 aliphatic rings. The maximum atomic E-state index is 12.5. The van der Waals surface area contributed by atoms with Crippen LogP contribution in [0.1, 0.15) is 27.2 Å². The van der Waals surface area contributed by atoms with Crippen LogP contribution >= 0.6 is 0 Å². The average Bonchev–Trinajstić information content (AvgIpc) is 3.06. The van der Waals surface area contributed by atoms with Gasteiger partial charge in [-0.1, -0.05) is 12.1 Å². The van der Waals surface area contributed by atoms with Crippen molar-refractivity contribution >= 4 is 12.1 Å². The zero-order chi connectivity index (χ0) is 21.0. The lowest BCUT2D eigenvalue weighted by atomic mass is 10.1. The van der Waals surface area contributed by atoms with Gasteiger partial charge in [0.2, 0.25) is 5.69 Å². The third-order valence-electron chi connectivity index (χ3n) is 3.82. The summed E-state index contributed by atoms with van der Waals surface area (Å²) in [6.45, 7) is -0.0833. The fourth-order valence-corrected chi connectivity index (χ4v) is 2.28. The standard InChI is InChI=1S/C18H14F3N5O3/c19-18(20,21)13-5-1-11(2-6-13)9-22-16(28)15-17(29)26(25-24-15)23-10-12-3-7-14(27)8-4-12/h1-8,10,25,27H,9H2,(H,22,28)/b23-10+. The maximum absolute atomic E-state index is 12.5. The lowest BCUT2D eigenvalue weighted by molar-refractivity contribution is -0.137. The number of nitrogens with one attached hydrogen (secondary N) is 2. The first-order valence-electron chi connectivity index (χ1n) is 8.19. The fourth-order valence-electron chi connectivity index (χ4n) is 2.28.